The van der Waals surface area contributed by atoms with Crippen LogP contribution in [-0.4, -0.2) is 20.0 Å². The summed E-state index contributed by atoms with van der Waals surface area (Å²) in [7, 11) is 0. The molecule has 4 rings (SSSR count). The van der Waals surface area contributed by atoms with Crippen LogP contribution in [0.3, 0.4) is 0 Å². The van der Waals surface area contributed by atoms with Gasteiger partial charge in [0.25, 0.3) is 0 Å². The first-order chi connectivity index (χ1) is 13.2. The van der Waals surface area contributed by atoms with E-state index in [4.69, 9.17) is 0 Å². The Morgan fingerprint density at radius 1 is 1.07 bits per heavy atom. The van der Waals surface area contributed by atoms with E-state index in [2.05, 4.69) is 57.3 Å². The van der Waals surface area contributed by atoms with Crippen LogP contribution < -0.4 is 5.32 Å². The topological polar surface area (TPSA) is 51.9 Å². The van der Waals surface area contributed by atoms with Crippen molar-refractivity contribution in [1.29, 1.82) is 0 Å². The van der Waals surface area contributed by atoms with Crippen molar-refractivity contribution in [2.24, 2.45) is 0 Å². The molecule has 0 saturated carbocycles. The molecule has 0 spiro atoms. The predicted molar refractivity (Wildman–Crippen MR) is 106 cm³/mol. The highest BCUT2D eigenvalue weighted by molar-refractivity contribution is 5.84. The summed E-state index contributed by atoms with van der Waals surface area (Å²) in [6, 6.07) is 18.5. The third-order valence-corrected chi connectivity index (χ3v) is 4.76. The number of para-hydroxylation sites is 1. The molecule has 1 amide bonds. The molecule has 0 radical (unpaired) electrons. The van der Waals surface area contributed by atoms with E-state index < -0.39 is 0 Å². The van der Waals surface area contributed by atoms with Crippen molar-refractivity contribution in [2.75, 3.05) is 0 Å². The molecule has 0 aliphatic heterocycles. The summed E-state index contributed by atoms with van der Waals surface area (Å²) < 4.78 is 4.08. The predicted octanol–water partition coefficient (Wildman–Crippen LogP) is 3.51. The van der Waals surface area contributed by atoms with Gasteiger partial charge in [0, 0.05) is 36.7 Å². The highest BCUT2D eigenvalue weighted by Gasteiger charge is 2.09. The minimum atomic E-state index is 0.0157. The zero-order valence-electron chi connectivity index (χ0n) is 15.3. The number of nitrogens with zero attached hydrogens (tertiary/aromatic N) is 3. The molecule has 5 nitrogen and oxygen atoms in total. The molecule has 0 atom stereocenters. The van der Waals surface area contributed by atoms with E-state index in [-0.39, 0.29) is 5.91 Å². The maximum absolute atomic E-state index is 12.4. The Morgan fingerprint density at radius 2 is 1.85 bits per heavy atom. The van der Waals surface area contributed by atoms with Crippen molar-refractivity contribution in [1.82, 2.24) is 19.4 Å². The second kappa shape index (κ2) is 7.50. The molecule has 0 fully saturated rings. The molecule has 0 bridgehead atoms. The van der Waals surface area contributed by atoms with Gasteiger partial charge in [-0.2, -0.15) is 0 Å². The monoisotopic (exact) mass is 358 g/mol. The van der Waals surface area contributed by atoms with Gasteiger partial charge in [-0.15, -0.1) is 0 Å². The second-order valence-electron chi connectivity index (χ2n) is 6.76. The lowest BCUT2D eigenvalue weighted by molar-refractivity contribution is -0.121. The van der Waals surface area contributed by atoms with Gasteiger partial charge in [0.15, 0.2) is 0 Å². The smallest absolute Gasteiger partial charge is 0.240 e. The van der Waals surface area contributed by atoms with Crippen LogP contribution in [0.1, 0.15) is 16.8 Å². The van der Waals surface area contributed by atoms with E-state index in [9.17, 15) is 4.79 Å². The maximum atomic E-state index is 12.4. The van der Waals surface area contributed by atoms with Crippen LogP contribution in [0.15, 0.2) is 73.3 Å². The van der Waals surface area contributed by atoms with Crippen LogP contribution in [0, 0.1) is 6.92 Å². The number of benzene rings is 2. The molecule has 0 unspecified atom stereocenters. The average molecular weight is 358 g/mol. The number of carbonyl (C=O) groups excluding carboxylic acids is 1. The number of hydrogen-bond donors (Lipinski definition) is 1. The molecule has 0 aliphatic carbocycles. The summed E-state index contributed by atoms with van der Waals surface area (Å²) in [6.07, 6.45) is 5.53. The Balaban J connectivity index is 1.35. The molecule has 5 heteroatoms. The number of amides is 1. The first-order valence-corrected chi connectivity index (χ1v) is 9.04. The lowest BCUT2D eigenvalue weighted by Gasteiger charge is -2.10. The number of fused-ring (bicyclic) bond motifs is 1. The van der Waals surface area contributed by atoms with Gasteiger partial charge in [-0.1, -0.05) is 42.5 Å². The maximum Gasteiger partial charge on any atom is 0.240 e. The van der Waals surface area contributed by atoms with Crippen molar-refractivity contribution in [3.63, 3.8) is 0 Å². The number of aryl methyl sites for hydroxylation is 1. The standard InChI is InChI=1S/C22H22N4O/c1-17-12-20-4-2-3-5-21(20)26(17)15-22(27)24-13-18-6-8-19(9-7-18)14-25-11-10-23-16-25/h2-12,16H,13-15H2,1H3,(H,24,27). The minimum absolute atomic E-state index is 0.0157. The fourth-order valence-corrected chi connectivity index (χ4v) is 3.31. The van der Waals surface area contributed by atoms with Crippen molar-refractivity contribution < 1.29 is 4.79 Å². The van der Waals surface area contributed by atoms with Gasteiger partial charge in [0.1, 0.15) is 6.54 Å². The van der Waals surface area contributed by atoms with Gasteiger partial charge in [-0.3, -0.25) is 4.79 Å². The number of aromatic nitrogens is 3. The summed E-state index contributed by atoms with van der Waals surface area (Å²) in [4.78, 5) is 16.5. The van der Waals surface area contributed by atoms with E-state index in [0.29, 0.717) is 13.1 Å². The fraction of sp³-hybridized carbons (Fsp3) is 0.182. The Kier molecular flexibility index (Phi) is 4.75. The Labute approximate surface area is 158 Å². The lowest BCUT2D eigenvalue weighted by Crippen LogP contribution is -2.27. The van der Waals surface area contributed by atoms with Gasteiger partial charge in [-0.25, -0.2) is 4.98 Å². The Hall–Kier alpha value is -3.34. The van der Waals surface area contributed by atoms with E-state index in [0.717, 1.165) is 28.7 Å². The van der Waals surface area contributed by atoms with Gasteiger partial charge < -0.3 is 14.5 Å². The molecular formula is C22H22N4O. The molecule has 136 valence electrons. The first-order valence-electron chi connectivity index (χ1n) is 9.04. The molecule has 2 aromatic carbocycles. The van der Waals surface area contributed by atoms with Crippen LogP contribution in [0.2, 0.25) is 0 Å². The van der Waals surface area contributed by atoms with Crippen LogP contribution in [0.4, 0.5) is 0 Å². The third-order valence-electron chi connectivity index (χ3n) is 4.76. The molecule has 1 N–H and O–H groups in total. The normalized spacial score (nSPS) is 11.0. The largest absolute Gasteiger partial charge is 0.350 e. The fourth-order valence-electron chi connectivity index (χ4n) is 3.31. The van der Waals surface area contributed by atoms with Gasteiger partial charge in [0.05, 0.1) is 6.33 Å². The Bertz CT molecular complexity index is 1050. The zero-order chi connectivity index (χ0) is 18.6. The molecule has 0 saturated heterocycles. The zero-order valence-corrected chi connectivity index (χ0v) is 15.3. The van der Waals surface area contributed by atoms with Gasteiger partial charge >= 0.3 is 0 Å². The number of carbonyl (C=O) groups is 1. The number of rotatable bonds is 6. The van der Waals surface area contributed by atoms with Crippen molar-refractivity contribution in [2.45, 2.75) is 26.6 Å². The van der Waals surface area contributed by atoms with E-state index in [1.807, 2.05) is 29.8 Å². The first kappa shape index (κ1) is 17.1. The summed E-state index contributed by atoms with van der Waals surface area (Å²) in [5.41, 5.74) is 4.48. The van der Waals surface area contributed by atoms with Gasteiger partial charge in [-0.05, 0) is 35.6 Å². The highest BCUT2D eigenvalue weighted by Crippen LogP contribution is 2.18. The SMILES string of the molecule is Cc1cc2ccccc2n1CC(=O)NCc1ccc(Cn2ccnc2)cc1. The van der Waals surface area contributed by atoms with Crippen LogP contribution >= 0.6 is 0 Å². The average Bonchev–Trinajstić information content (AvgIpc) is 3.29. The highest BCUT2D eigenvalue weighted by atomic mass is 16.1. The number of nitrogens with one attached hydrogen (secondary N) is 1. The van der Waals surface area contributed by atoms with E-state index >= 15 is 0 Å². The molecule has 27 heavy (non-hydrogen) atoms. The molecule has 2 aromatic heterocycles. The second-order valence-corrected chi connectivity index (χ2v) is 6.76. The molecule has 0 aliphatic rings. The Morgan fingerprint density at radius 3 is 2.63 bits per heavy atom. The summed E-state index contributed by atoms with van der Waals surface area (Å²) in [5, 5.41) is 4.18. The van der Waals surface area contributed by atoms with Crippen molar-refractivity contribution in [3.8, 4) is 0 Å². The van der Waals surface area contributed by atoms with Crippen molar-refractivity contribution >= 4 is 16.8 Å². The number of hydrogen-bond acceptors (Lipinski definition) is 2. The van der Waals surface area contributed by atoms with Crippen LogP contribution in [0.25, 0.3) is 10.9 Å². The molecule has 4 aromatic rings. The van der Waals surface area contributed by atoms with Crippen LogP contribution in [-0.2, 0) is 24.4 Å². The molecule has 2 heterocycles. The van der Waals surface area contributed by atoms with Crippen molar-refractivity contribution in [3.05, 3.63) is 90.1 Å². The van der Waals surface area contributed by atoms with E-state index in [1.54, 1.807) is 12.5 Å². The summed E-state index contributed by atoms with van der Waals surface area (Å²) >= 11 is 0. The summed E-state index contributed by atoms with van der Waals surface area (Å²) in [5.74, 6) is 0.0157. The van der Waals surface area contributed by atoms with E-state index in [1.165, 1.54) is 5.56 Å². The number of imidazole rings is 1. The summed E-state index contributed by atoms with van der Waals surface area (Å²) in [6.45, 7) is 3.69. The van der Waals surface area contributed by atoms with Gasteiger partial charge in [0.2, 0.25) is 5.91 Å². The third kappa shape index (κ3) is 3.92. The quantitative estimate of drug-likeness (QED) is 0.573. The van der Waals surface area contributed by atoms with Crippen LogP contribution in [0.5, 0.6) is 0 Å². The lowest BCUT2D eigenvalue weighted by atomic mass is 10.1. The minimum Gasteiger partial charge on any atom is -0.350 e. The molecular weight excluding hydrogens is 336 g/mol.